The molecule has 1 amide bonds. The van der Waals surface area contributed by atoms with Gasteiger partial charge < -0.3 is 0 Å². The summed E-state index contributed by atoms with van der Waals surface area (Å²) < 4.78 is 0. The lowest BCUT2D eigenvalue weighted by Gasteiger charge is -2.15. The Labute approximate surface area is 72.6 Å². The quantitative estimate of drug-likeness (QED) is 0.624. The van der Waals surface area contributed by atoms with Crippen LogP contribution in [-0.4, -0.2) is 24.1 Å². The summed E-state index contributed by atoms with van der Waals surface area (Å²) in [5.41, 5.74) is 0.309. The molecule has 0 N–H and O–H groups in total. The van der Waals surface area contributed by atoms with Crippen molar-refractivity contribution >= 4 is 5.91 Å². The van der Waals surface area contributed by atoms with Crippen LogP contribution in [0.25, 0.3) is 0 Å². The summed E-state index contributed by atoms with van der Waals surface area (Å²) in [7, 11) is 0. The molecule has 3 nitrogen and oxygen atoms in total. The maximum Gasteiger partial charge on any atom is 0.246 e. The third-order valence-corrected chi connectivity index (χ3v) is 2.71. The van der Waals surface area contributed by atoms with Crippen LogP contribution < -0.4 is 0 Å². The first-order valence-corrected chi connectivity index (χ1v) is 4.63. The van der Waals surface area contributed by atoms with Crippen molar-refractivity contribution in [2.75, 3.05) is 13.2 Å². The minimum atomic E-state index is 0.174. The highest BCUT2D eigenvalue weighted by Crippen LogP contribution is 2.48. The normalized spacial score (nSPS) is 25.9. The fraction of sp³-hybridized carbons (Fsp3) is 0.889. The Morgan fingerprint density at radius 1 is 1.58 bits per heavy atom. The average molecular weight is 169 g/mol. The lowest BCUT2D eigenvalue weighted by atomic mass is 10.1. The summed E-state index contributed by atoms with van der Waals surface area (Å²) >= 11 is 0. The monoisotopic (exact) mass is 169 g/mol. The highest BCUT2D eigenvalue weighted by Gasteiger charge is 2.40. The van der Waals surface area contributed by atoms with Crippen molar-refractivity contribution in [3.8, 4) is 0 Å². The molecule has 1 aliphatic heterocycles. The third-order valence-electron chi connectivity index (χ3n) is 2.71. The zero-order valence-corrected chi connectivity index (χ0v) is 7.51. The number of hydrogen-bond donors (Lipinski definition) is 0. The minimum Gasteiger partial charge on any atom is -0.273 e. The zero-order chi connectivity index (χ0) is 8.60. The second kappa shape index (κ2) is 2.73. The van der Waals surface area contributed by atoms with Gasteiger partial charge in [-0.05, 0) is 24.7 Å². The first kappa shape index (κ1) is 8.05. The van der Waals surface area contributed by atoms with Crippen LogP contribution in [0.15, 0.2) is 0 Å². The third kappa shape index (κ3) is 1.61. The maximum absolute atomic E-state index is 11.5. The van der Waals surface area contributed by atoms with Crippen LogP contribution in [0, 0.1) is 5.41 Å². The van der Waals surface area contributed by atoms with Gasteiger partial charge in [0.15, 0.2) is 0 Å². The fourth-order valence-corrected chi connectivity index (χ4v) is 1.49. The molecule has 2 aliphatic rings. The lowest BCUT2D eigenvalue weighted by Crippen LogP contribution is -2.28. The van der Waals surface area contributed by atoms with E-state index in [2.05, 4.69) is 6.92 Å². The van der Waals surface area contributed by atoms with Crippen molar-refractivity contribution < 1.29 is 9.63 Å². The van der Waals surface area contributed by atoms with E-state index in [4.69, 9.17) is 4.84 Å². The van der Waals surface area contributed by atoms with Crippen molar-refractivity contribution in [1.82, 2.24) is 5.06 Å². The Hall–Kier alpha value is -0.570. The molecule has 0 unspecified atom stereocenters. The van der Waals surface area contributed by atoms with Crippen LogP contribution in [0.1, 0.15) is 32.6 Å². The second-order valence-corrected chi connectivity index (χ2v) is 4.17. The van der Waals surface area contributed by atoms with E-state index in [1.807, 2.05) is 0 Å². The van der Waals surface area contributed by atoms with E-state index in [1.165, 1.54) is 17.9 Å². The van der Waals surface area contributed by atoms with E-state index in [0.29, 0.717) is 18.4 Å². The van der Waals surface area contributed by atoms with Gasteiger partial charge >= 0.3 is 0 Å². The minimum absolute atomic E-state index is 0.174. The van der Waals surface area contributed by atoms with Crippen molar-refractivity contribution in [1.29, 1.82) is 0 Å². The van der Waals surface area contributed by atoms with Gasteiger partial charge in [0.25, 0.3) is 0 Å². The Bertz CT molecular complexity index is 193. The van der Waals surface area contributed by atoms with E-state index in [0.717, 1.165) is 13.0 Å². The summed E-state index contributed by atoms with van der Waals surface area (Å²) in [6.07, 6.45) is 4.06. The largest absolute Gasteiger partial charge is 0.273 e. The van der Waals surface area contributed by atoms with Gasteiger partial charge in [-0.15, -0.1) is 0 Å². The van der Waals surface area contributed by atoms with Crippen LogP contribution in [0.4, 0.5) is 0 Å². The molecule has 68 valence electrons. The lowest BCUT2D eigenvalue weighted by molar-refractivity contribution is -0.169. The van der Waals surface area contributed by atoms with Gasteiger partial charge in [0.2, 0.25) is 5.91 Å². The summed E-state index contributed by atoms with van der Waals surface area (Å²) in [6.45, 7) is 3.67. The SMILES string of the molecule is CC1(CC(=O)N2CCCO2)CC1. The zero-order valence-electron chi connectivity index (χ0n) is 7.51. The summed E-state index contributed by atoms with van der Waals surface area (Å²) in [4.78, 5) is 16.7. The molecule has 1 saturated heterocycles. The number of amides is 1. The van der Waals surface area contributed by atoms with E-state index in [9.17, 15) is 4.79 Å². The van der Waals surface area contributed by atoms with Gasteiger partial charge in [-0.25, -0.2) is 5.06 Å². The molecule has 0 aromatic carbocycles. The molecule has 0 aromatic rings. The molecule has 2 rings (SSSR count). The highest BCUT2D eigenvalue weighted by molar-refractivity contribution is 5.76. The smallest absolute Gasteiger partial charge is 0.246 e. The molecule has 0 aromatic heterocycles. The summed E-state index contributed by atoms with van der Waals surface area (Å²) in [5.74, 6) is 0.174. The van der Waals surface area contributed by atoms with Crippen LogP contribution >= 0.6 is 0 Å². The molecule has 1 saturated carbocycles. The van der Waals surface area contributed by atoms with Crippen LogP contribution in [0.2, 0.25) is 0 Å². The van der Waals surface area contributed by atoms with Gasteiger partial charge in [0, 0.05) is 6.42 Å². The number of hydroxylamine groups is 2. The first-order valence-electron chi connectivity index (χ1n) is 4.63. The Balaban J connectivity index is 1.83. The Morgan fingerprint density at radius 2 is 2.33 bits per heavy atom. The molecule has 0 spiro atoms. The van der Waals surface area contributed by atoms with Crippen molar-refractivity contribution in [2.24, 2.45) is 5.41 Å². The van der Waals surface area contributed by atoms with Crippen molar-refractivity contribution in [3.63, 3.8) is 0 Å². The molecule has 0 bridgehead atoms. The summed E-state index contributed by atoms with van der Waals surface area (Å²) in [5, 5.41) is 1.53. The number of carbonyl (C=O) groups is 1. The number of nitrogens with zero attached hydrogens (tertiary/aromatic N) is 1. The van der Waals surface area contributed by atoms with E-state index >= 15 is 0 Å². The van der Waals surface area contributed by atoms with E-state index < -0.39 is 0 Å². The maximum atomic E-state index is 11.5. The van der Waals surface area contributed by atoms with Gasteiger partial charge in [-0.3, -0.25) is 9.63 Å². The molecule has 2 fully saturated rings. The van der Waals surface area contributed by atoms with Crippen LogP contribution in [0.3, 0.4) is 0 Å². The highest BCUT2D eigenvalue weighted by atomic mass is 16.7. The van der Waals surface area contributed by atoms with Gasteiger partial charge in [0.1, 0.15) is 0 Å². The van der Waals surface area contributed by atoms with Crippen LogP contribution in [0.5, 0.6) is 0 Å². The number of carbonyl (C=O) groups excluding carboxylic acids is 1. The number of hydrogen-bond acceptors (Lipinski definition) is 2. The second-order valence-electron chi connectivity index (χ2n) is 4.17. The van der Waals surface area contributed by atoms with Crippen LogP contribution in [-0.2, 0) is 9.63 Å². The summed E-state index contributed by atoms with van der Waals surface area (Å²) in [6, 6.07) is 0. The standard InChI is InChI=1S/C9H15NO2/c1-9(3-4-9)7-8(11)10-5-2-6-12-10/h2-7H2,1H3. The first-order chi connectivity index (χ1) is 5.70. The van der Waals surface area contributed by atoms with Gasteiger partial charge in [-0.1, -0.05) is 6.92 Å². The molecular weight excluding hydrogens is 154 g/mol. The molecule has 1 heterocycles. The molecular formula is C9H15NO2. The molecule has 12 heavy (non-hydrogen) atoms. The van der Waals surface area contributed by atoms with Crippen molar-refractivity contribution in [3.05, 3.63) is 0 Å². The molecule has 0 radical (unpaired) electrons. The molecule has 0 atom stereocenters. The van der Waals surface area contributed by atoms with E-state index in [1.54, 1.807) is 0 Å². The predicted octanol–water partition coefficient (Wildman–Crippen LogP) is 1.34. The van der Waals surface area contributed by atoms with E-state index in [-0.39, 0.29) is 5.91 Å². The average Bonchev–Trinajstić information content (AvgIpc) is 2.55. The van der Waals surface area contributed by atoms with Gasteiger partial charge in [-0.2, -0.15) is 0 Å². The molecule has 3 heteroatoms. The topological polar surface area (TPSA) is 29.5 Å². The predicted molar refractivity (Wildman–Crippen MR) is 44.2 cm³/mol. The number of rotatable bonds is 2. The fourth-order valence-electron chi connectivity index (χ4n) is 1.49. The Morgan fingerprint density at radius 3 is 2.83 bits per heavy atom. The van der Waals surface area contributed by atoms with Gasteiger partial charge in [0.05, 0.1) is 13.2 Å². The molecule has 1 aliphatic carbocycles. The Kier molecular flexibility index (Phi) is 1.83. The van der Waals surface area contributed by atoms with Crippen molar-refractivity contribution in [2.45, 2.75) is 32.6 Å².